The van der Waals surface area contributed by atoms with Crippen LogP contribution in [0.4, 0.5) is 5.82 Å². The van der Waals surface area contributed by atoms with Gasteiger partial charge in [0.25, 0.3) is 0 Å². The van der Waals surface area contributed by atoms with Crippen molar-refractivity contribution in [2.45, 2.75) is 31.7 Å². The van der Waals surface area contributed by atoms with Crippen molar-refractivity contribution < 1.29 is 2.74 Å². The van der Waals surface area contributed by atoms with E-state index < -0.39 is 0 Å². The molecular weight excluding hydrogens is 333 g/mol. The standard InChI is InChI=1S/C16H19N5.2ClH/c1-11-13(15-18-6-2-7-19-15)9-12-3-4-16(5-8-17-10-16)21-14(12)20-11;;/h2,6-7,9,17H,3-5,8,10H2,1H3,(H,20,21);2*1H/t16-;;/m0../s1/i6D,7D;;. The minimum absolute atomic E-state index is 0. The topological polar surface area (TPSA) is 62.7 Å². The molecule has 2 N–H and O–H groups in total. The summed E-state index contributed by atoms with van der Waals surface area (Å²) in [6.45, 7) is 3.96. The molecule has 2 aliphatic heterocycles. The molecule has 0 bridgehead atoms. The van der Waals surface area contributed by atoms with Crippen molar-refractivity contribution >= 4 is 30.6 Å². The largest absolute Gasteiger partial charge is 0.363 e. The monoisotopic (exact) mass is 355 g/mol. The molecule has 1 saturated heterocycles. The number of anilines is 1. The van der Waals surface area contributed by atoms with Gasteiger partial charge in [-0.2, -0.15) is 0 Å². The van der Waals surface area contributed by atoms with Crippen molar-refractivity contribution in [1.82, 2.24) is 20.3 Å². The van der Waals surface area contributed by atoms with Crippen LogP contribution in [-0.2, 0) is 6.42 Å². The fourth-order valence-electron chi connectivity index (χ4n) is 3.28. The molecule has 0 saturated carbocycles. The van der Waals surface area contributed by atoms with Crippen molar-refractivity contribution in [1.29, 1.82) is 0 Å². The second kappa shape index (κ2) is 6.99. The summed E-state index contributed by atoms with van der Waals surface area (Å²) in [6.07, 6.45) is 3.30. The van der Waals surface area contributed by atoms with Gasteiger partial charge in [-0.05, 0) is 50.4 Å². The van der Waals surface area contributed by atoms with E-state index in [9.17, 15) is 0 Å². The van der Waals surface area contributed by atoms with E-state index in [1.165, 1.54) is 6.07 Å². The van der Waals surface area contributed by atoms with Gasteiger partial charge in [0.1, 0.15) is 5.82 Å². The normalized spacial score (nSPS) is 23.0. The van der Waals surface area contributed by atoms with Crippen LogP contribution >= 0.6 is 24.8 Å². The van der Waals surface area contributed by atoms with Gasteiger partial charge in [0.15, 0.2) is 5.82 Å². The predicted molar refractivity (Wildman–Crippen MR) is 96.7 cm³/mol. The maximum atomic E-state index is 7.68. The van der Waals surface area contributed by atoms with Crippen LogP contribution in [0.25, 0.3) is 11.4 Å². The van der Waals surface area contributed by atoms with Crippen molar-refractivity contribution in [3.63, 3.8) is 0 Å². The third-order valence-corrected chi connectivity index (χ3v) is 4.50. The molecule has 0 aromatic carbocycles. The molecule has 1 atom stereocenters. The average molecular weight is 356 g/mol. The zero-order valence-electron chi connectivity index (χ0n) is 14.8. The van der Waals surface area contributed by atoms with E-state index in [0.29, 0.717) is 5.82 Å². The third kappa shape index (κ3) is 3.27. The average Bonchev–Trinajstić information content (AvgIpc) is 2.93. The Hall–Kier alpha value is -1.43. The number of pyridine rings is 1. The van der Waals surface area contributed by atoms with Crippen LogP contribution in [0.2, 0.25) is 0 Å². The first kappa shape index (κ1) is 15.1. The quantitative estimate of drug-likeness (QED) is 0.823. The Balaban J connectivity index is 0.00000113. The number of hydrogen-bond acceptors (Lipinski definition) is 5. The Kier molecular flexibility index (Phi) is 4.60. The van der Waals surface area contributed by atoms with Crippen LogP contribution in [0, 0.1) is 6.92 Å². The minimum Gasteiger partial charge on any atom is -0.363 e. The second-order valence-corrected chi connectivity index (χ2v) is 5.91. The predicted octanol–water partition coefficient (Wildman–Crippen LogP) is 2.78. The first-order valence-electron chi connectivity index (χ1n) is 8.37. The second-order valence-electron chi connectivity index (χ2n) is 5.91. The van der Waals surface area contributed by atoms with Crippen LogP contribution < -0.4 is 10.6 Å². The molecule has 7 heteroatoms. The lowest BCUT2D eigenvalue weighted by atomic mass is 9.86. The van der Waals surface area contributed by atoms with E-state index in [1.807, 2.05) is 6.92 Å². The van der Waals surface area contributed by atoms with Gasteiger partial charge in [-0.3, -0.25) is 0 Å². The number of aromatic nitrogens is 3. The molecule has 23 heavy (non-hydrogen) atoms. The fourth-order valence-corrected chi connectivity index (χ4v) is 3.28. The van der Waals surface area contributed by atoms with Gasteiger partial charge in [0, 0.05) is 24.5 Å². The zero-order valence-corrected chi connectivity index (χ0v) is 14.5. The van der Waals surface area contributed by atoms with Gasteiger partial charge in [-0.15, -0.1) is 24.8 Å². The summed E-state index contributed by atoms with van der Waals surface area (Å²) in [5.74, 6) is 1.37. The summed E-state index contributed by atoms with van der Waals surface area (Å²) >= 11 is 0. The fraction of sp³-hybridized carbons (Fsp3) is 0.438. The lowest BCUT2D eigenvalue weighted by Crippen LogP contribution is -2.44. The molecule has 4 heterocycles. The number of nitrogens with one attached hydrogen (secondary N) is 2. The van der Waals surface area contributed by atoms with E-state index in [-0.39, 0.29) is 42.7 Å². The van der Waals surface area contributed by atoms with E-state index in [0.717, 1.165) is 55.0 Å². The third-order valence-electron chi connectivity index (χ3n) is 4.50. The van der Waals surface area contributed by atoms with Gasteiger partial charge in [-0.1, -0.05) is 0 Å². The van der Waals surface area contributed by atoms with Crippen LogP contribution in [-0.4, -0.2) is 33.6 Å². The highest BCUT2D eigenvalue weighted by Crippen LogP contribution is 2.35. The van der Waals surface area contributed by atoms with Crippen LogP contribution in [0.3, 0.4) is 0 Å². The Morgan fingerprint density at radius 3 is 2.70 bits per heavy atom. The molecule has 2 aliphatic rings. The Morgan fingerprint density at radius 1 is 1.22 bits per heavy atom. The highest BCUT2D eigenvalue weighted by Gasteiger charge is 2.37. The maximum Gasteiger partial charge on any atom is 0.160 e. The number of hydrogen-bond donors (Lipinski definition) is 2. The number of rotatable bonds is 1. The molecular formula is C16H21Cl2N5. The summed E-state index contributed by atoms with van der Waals surface area (Å²) in [5.41, 5.74) is 2.94. The summed E-state index contributed by atoms with van der Waals surface area (Å²) in [5, 5.41) is 7.05. The summed E-state index contributed by atoms with van der Waals surface area (Å²) in [4.78, 5) is 13.0. The molecule has 1 fully saturated rings. The first-order chi connectivity index (χ1) is 11.0. The first-order valence-corrected chi connectivity index (χ1v) is 7.37. The van der Waals surface area contributed by atoms with E-state index in [1.54, 1.807) is 0 Å². The van der Waals surface area contributed by atoms with Crippen LogP contribution in [0.1, 0.15) is 26.8 Å². The smallest absolute Gasteiger partial charge is 0.160 e. The number of fused-ring (bicyclic) bond motifs is 1. The Morgan fingerprint density at radius 2 is 2.00 bits per heavy atom. The molecule has 5 nitrogen and oxygen atoms in total. The van der Waals surface area contributed by atoms with Gasteiger partial charge in [-0.25, -0.2) is 15.0 Å². The van der Waals surface area contributed by atoms with Gasteiger partial charge < -0.3 is 10.6 Å². The molecule has 0 aliphatic carbocycles. The molecule has 1 spiro atoms. The molecule has 0 amide bonds. The van der Waals surface area contributed by atoms with Gasteiger partial charge in [0.2, 0.25) is 0 Å². The lowest BCUT2D eigenvalue weighted by molar-refractivity contribution is 0.454. The van der Waals surface area contributed by atoms with Gasteiger partial charge >= 0.3 is 0 Å². The van der Waals surface area contributed by atoms with Crippen LogP contribution in [0.5, 0.6) is 0 Å². The molecule has 2 aromatic rings. The highest BCUT2D eigenvalue weighted by atomic mass is 35.5. The summed E-state index contributed by atoms with van der Waals surface area (Å²) in [6, 6.07) is 3.40. The van der Waals surface area contributed by atoms with Crippen molar-refractivity contribution in [3.8, 4) is 11.4 Å². The van der Waals surface area contributed by atoms with Gasteiger partial charge in [0.05, 0.1) is 14.0 Å². The van der Waals surface area contributed by atoms with E-state index in [4.69, 9.17) is 7.73 Å². The van der Waals surface area contributed by atoms with E-state index in [2.05, 4.69) is 26.7 Å². The SMILES string of the molecule is Cl.Cl.[2H]c1cc([2H])nc(-c2cc3c(nc2C)N[C@]2(CCNC2)CC3)n1. The number of halogens is 2. The van der Waals surface area contributed by atoms with Crippen molar-refractivity contribution in [3.05, 3.63) is 35.7 Å². The van der Waals surface area contributed by atoms with Crippen molar-refractivity contribution in [2.24, 2.45) is 0 Å². The Labute approximate surface area is 151 Å². The summed E-state index contributed by atoms with van der Waals surface area (Å²) in [7, 11) is 0. The minimum atomic E-state index is 0. The highest BCUT2D eigenvalue weighted by molar-refractivity contribution is 5.85. The Bertz CT molecular complexity index is 761. The molecule has 0 unspecified atom stereocenters. The maximum absolute atomic E-state index is 7.68. The van der Waals surface area contributed by atoms with E-state index >= 15 is 0 Å². The number of nitrogens with zero attached hydrogens (tertiary/aromatic N) is 3. The summed E-state index contributed by atoms with van der Waals surface area (Å²) < 4.78 is 15.4. The molecule has 4 rings (SSSR count). The van der Waals surface area contributed by atoms with Crippen LogP contribution in [0.15, 0.2) is 24.5 Å². The number of aryl methyl sites for hydroxylation is 2. The van der Waals surface area contributed by atoms with Crippen molar-refractivity contribution in [2.75, 3.05) is 18.4 Å². The zero-order chi connectivity index (χ0) is 16.0. The molecule has 124 valence electrons. The lowest BCUT2D eigenvalue weighted by Gasteiger charge is -2.35. The molecule has 0 radical (unpaired) electrons. The molecule has 2 aromatic heterocycles.